The highest BCUT2D eigenvalue weighted by Crippen LogP contribution is 2.07. The van der Waals surface area contributed by atoms with Gasteiger partial charge in [0, 0.05) is 0 Å². The van der Waals surface area contributed by atoms with Crippen molar-refractivity contribution < 1.29 is 33.2 Å². The van der Waals surface area contributed by atoms with Gasteiger partial charge in [-0.3, -0.25) is 4.79 Å². The summed E-state index contributed by atoms with van der Waals surface area (Å²) < 4.78 is 31.7. The molecule has 0 radical (unpaired) electrons. The summed E-state index contributed by atoms with van der Waals surface area (Å²) in [6.07, 6.45) is 0.238. The van der Waals surface area contributed by atoms with Gasteiger partial charge in [-0.2, -0.15) is 0 Å². The highest BCUT2D eigenvalue weighted by molar-refractivity contribution is 5.69. The number of hydrogen-bond acceptors (Lipinski definition) is 9. The van der Waals surface area contributed by atoms with E-state index < -0.39 is 5.60 Å². The molecule has 0 aliphatic heterocycles. The van der Waals surface area contributed by atoms with Gasteiger partial charge in [0.1, 0.15) is 22.8 Å². The van der Waals surface area contributed by atoms with E-state index in [1.165, 1.54) is 0 Å². The van der Waals surface area contributed by atoms with Crippen LogP contribution >= 0.6 is 0 Å². The minimum absolute atomic E-state index is 0.238. The van der Waals surface area contributed by atoms with Crippen LogP contribution in [0.2, 0.25) is 0 Å². The van der Waals surface area contributed by atoms with Crippen molar-refractivity contribution >= 4 is 5.97 Å². The zero-order valence-electron chi connectivity index (χ0n) is 16.7. The molecule has 0 aromatic carbocycles. The molecule has 0 rings (SSSR count). The third-order valence-electron chi connectivity index (χ3n) is 2.76. The minimum atomic E-state index is -0.463. The van der Waals surface area contributed by atoms with E-state index in [0.717, 1.165) is 0 Å². The monoisotopic (exact) mass is 392 g/mol. The summed E-state index contributed by atoms with van der Waals surface area (Å²) in [6.45, 7) is 10.4. The molecule has 10 nitrogen and oxygen atoms in total. The van der Waals surface area contributed by atoms with Gasteiger partial charge in [0.2, 0.25) is 4.91 Å². The maximum atomic E-state index is 11.5. The smallest absolute Gasteiger partial charge is 0.308 e. The lowest BCUT2D eigenvalue weighted by Gasteiger charge is -2.19. The van der Waals surface area contributed by atoms with E-state index in [4.69, 9.17) is 34.0 Å². The molecule has 0 saturated heterocycles. The Kier molecular flexibility index (Phi) is 17.0. The Bertz CT molecular complexity index is 410. The van der Waals surface area contributed by atoms with Crippen molar-refractivity contribution in [2.24, 2.45) is 5.11 Å². The Morgan fingerprint density at radius 3 is 1.59 bits per heavy atom. The van der Waals surface area contributed by atoms with Crippen LogP contribution in [0.25, 0.3) is 0 Å². The second-order valence-electron chi connectivity index (χ2n) is 6.36. The van der Waals surface area contributed by atoms with E-state index in [1.54, 1.807) is 0 Å². The zero-order chi connectivity index (χ0) is 20.2. The molecule has 0 heterocycles. The fraction of sp³-hybridized carbons (Fsp3) is 0.941. The molecule has 0 bridgehead atoms. The van der Waals surface area contributed by atoms with E-state index in [9.17, 15) is 4.79 Å². The molecule has 0 unspecified atom stereocenters. The molecule has 0 aromatic heterocycles. The number of nitrogens with zero attached hydrogens (tertiary/aromatic N) is 2. The summed E-state index contributed by atoms with van der Waals surface area (Å²) in [4.78, 5) is 14.3. The van der Waals surface area contributed by atoms with Crippen molar-refractivity contribution in [3.8, 4) is 0 Å². The van der Waals surface area contributed by atoms with Gasteiger partial charge < -0.3 is 28.4 Å². The maximum absolute atomic E-state index is 11.5. The second kappa shape index (κ2) is 18.0. The Hall–Kier alpha value is -1.42. The molecule has 1 N–H and O–H groups in total. The van der Waals surface area contributed by atoms with Gasteiger partial charge >= 0.3 is 5.97 Å². The summed E-state index contributed by atoms with van der Waals surface area (Å²) in [5.74, 6) is -0.263. The van der Waals surface area contributed by atoms with Crippen molar-refractivity contribution in [3.05, 3.63) is 0 Å². The van der Waals surface area contributed by atoms with Crippen LogP contribution < -0.4 is 4.91 Å². The van der Waals surface area contributed by atoms with Crippen molar-refractivity contribution in [1.29, 1.82) is 5.53 Å². The first-order chi connectivity index (χ1) is 13.0. The summed E-state index contributed by atoms with van der Waals surface area (Å²) in [6, 6.07) is 0. The molecular weight excluding hydrogens is 358 g/mol. The zero-order valence-corrected chi connectivity index (χ0v) is 16.7. The quantitative estimate of drug-likeness (QED) is 0.162. The molecule has 0 atom stereocenters. The lowest BCUT2D eigenvalue weighted by molar-refractivity contribution is -0.156. The summed E-state index contributed by atoms with van der Waals surface area (Å²) in [5, 5.41) is 3.46. The maximum Gasteiger partial charge on any atom is 0.308 e. The number of carbonyl (C=O) groups is 1. The van der Waals surface area contributed by atoms with Gasteiger partial charge in [-0.25, -0.2) is 0 Å². The fourth-order valence-corrected chi connectivity index (χ4v) is 1.69. The summed E-state index contributed by atoms with van der Waals surface area (Å²) in [7, 11) is 0. The van der Waals surface area contributed by atoms with Gasteiger partial charge in [-0.05, 0) is 20.8 Å². The van der Waals surface area contributed by atoms with Crippen molar-refractivity contribution in [3.63, 3.8) is 0 Å². The highest BCUT2D eigenvalue weighted by Gasteiger charge is 2.15. The molecule has 10 heteroatoms. The molecule has 0 aliphatic carbocycles. The molecule has 27 heavy (non-hydrogen) atoms. The van der Waals surface area contributed by atoms with Crippen molar-refractivity contribution in [1.82, 2.24) is 4.91 Å². The molecule has 0 aromatic rings. The number of ether oxygens (including phenoxy) is 6. The number of nitrogens with one attached hydrogen (secondary N) is 1. The molecule has 0 aliphatic rings. The number of carbonyl (C=O) groups excluding carboxylic acids is 1. The summed E-state index contributed by atoms with van der Waals surface area (Å²) >= 11 is 0. The van der Waals surface area contributed by atoms with Crippen LogP contribution in [0.3, 0.4) is 0 Å². The van der Waals surface area contributed by atoms with E-state index in [2.05, 4.69) is 10.0 Å². The third kappa shape index (κ3) is 22.5. The van der Waals surface area contributed by atoms with Crippen LogP contribution in [0.1, 0.15) is 27.2 Å². The Morgan fingerprint density at radius 1 is 0.778 bits per heavy atom. The van der Waals surface area contributed by atoms with Crippen molar-refractivity contribution in [2.45, 2.75) is 32.8 Å². The first-order valence-corrected chi connectivity index (χ1v) is 9.09. The van der Waals surface area contributed by atoms with Gasteiger partial charge in [0.25, 0.3) is 0 Å². The molecule has 0 fully saturated rings. The van der Waals surface area contributed by atoms with Gasteiger partial charge in [-0.1, -0.05) is 0 Å². The molecule has 0 spiro atoms. The van der Waals surface area contributed by atoms with Crippen LogP contribution in [0.4, 0.5) is 0 Å². The molecular formula is C17H34N3O7+. The van der Waals surface area contributed by atoms with Crippen molar-refractivity contribution in [2.75, 3.05) is 72.6 Å². The normalized spacial score (nSPS) is 11.2. The van der Waals surface area contributed by atoms with Crippen LogP contribution in [-0.4, -0.2) is 84.2 Å². The van der Waals surface area contributed by atoms with E-state index in [-0.39, 0.29) is 12.4 Å². The van der Waals surface area contributed by atoms with Gasteiger partial charge in [0.05, 0.1) is 72.5 Å². The Morgan fingerprint density at radius 2 is 1.19 bits per heavy atom. The van der Waals surface area contributed by atoms with Gasteiger partial charge in [0.15, 0.2) is 0 Å². The van der Waals surface area contributed by atoms with Crippen LogP contribution in [-0.2, 0) is 33.2 Å². The summed E-state index contributed by atoms with van der Waals surface area (Å²) in [5.41, 5.74) is 6.00. The predicted molar refractivity (Wildman–Crippen MR) is 96.7 cm³/mol. The van der Waals surface area contributed by atoms with E-state index in [0.29, 0.717) is 72.6 Å². The Labute approximate surface area is 161 Å². The van der Waals surface area contributed by atoms with E-state index in [1.807, 2.05) is 20.8 Å². The predicted octanol–water partition coefficient (Wildman–Crippen LogP) is 1.35. The first-order valence-electron chi connectivity index (χ1n) is 9.09. The van der Waals surface area contributed by atoms with Crippen LogP contribution in [0.5, 0.6) is 0 Å². The highest BCUT2D eigenvalue weighted by atomic mass is 16.6. The van der Waals surface area contributed by atoms with Crippen LogP contribution in [0.15, 0.2) is 5.11 Å². The molecule has 0 amide bonds. The number of hydrogen-bond donors (Lipinski definition) is 1. The van der Waals surface area contributed by atoms with Crippen LogP contribution in [0, 0.1) is 5.53 Å². The molecule has 158 valence electrons. The average Bonchev–Trinajstić information content (AvgIpc) is 2.59. The van der Waals surface area contributed by atoms with Gasteiger partial charge in [-0.15, -0.1) is 0 Å². The Balaban J connectivity index is 3.15. The third-order valence-corrected chi connectivity index (χ3v) is 2.76. The lowest BCUT2D eigenvalue weighted by atomic mass is 10.2. The largest absolute Gasteiger partial charge is 0.460 e. The average molecular weight is 392 g/mol. The lowest BCUT2D eigenvalue weighted by Crippen LogP contribution is -2.24. The minimum Gasteiger partial charge on any atom is -0.460 e. The number of rotatable bonds is 18. The topological polar surface area (TPSA) is 123 Å². The first kappa shape index (κ1) is 25.6. The fourth-order valence-electron chi connectivity index (χ4n) is 1.69. The number of esters is 1. The van der Waals surface area contributed by atoms with E-state index >= 15 is 0 Å². The SMILES string of the molecule is CC(C)(C)OC(=O)CCOCCOCCOCCOCCOCCN=[N+]=N. The standard InChI is InChI=1S/C17H34N3O7/c1-17(2,3)27-16(21)4-6-22-8-10-24-12-14-26-15-13-25-11-9-23-7-5-19-20-18/h18H,4-15H2,1-3H3/q+1. The molecule has 0 saturated carbocycles. The second-order valence-corrected chi connectivity index (χ2v) is 6.36.